The molecule has 1 aliphatic carbocycles. The van der Waals surface area contributed by atoms with E-state index in [1.807, 2.05) is 11.9 Å². The second kappa shape index (κ2) is 15.2. The van der Waals surface area contributed by atoms with E-state index in [1.165, 1.54) is 12.1 Å². The van der Waals surface area contributed by atoms with Gasteiger partial charge in [0.1, 0.15) is 0 Å². The molecule has 1 aromatic carbocycles. The van der Waals surface area contributed by atoms with Crippen LogP contribution in [0.15, 0.2) is 18.2 Å². The van der Waals surface area contributed by atoms with Crippen molar-refractivity contribution in [2.24, 2.45) is 17.8 Å². The maximum absolute atomic E-state index is 15.0. The summed E-state index contributed by atoms with van der Waals surface area (Å²) in [5, 5.41) is 15.2. The van der Waals surface area contributed by atoms with Crippen LogP contribution in [0.25, 0.3) is 0 Å². The zero-order chi connectivity index (χ0) is 27.5. The molecule has 0 spiro atoms. The highest BCUT2D eigenvalue weighted by atomic mass is 19.2. The van der Waals surface area contributed by atoms with Crippen molar-refractivity contribution >= 4 is 5.91 Å². The standard InChI is InChI=1S/C30H48F2N2O4/c1-33-20-23(18-22-11-13-25(38-3)14-12-22)19-28(35)34-16-7-8-24(21-34)30(36,15-4-5-17-37-2)26-9-6-10-27(31)29(26)32/h6,9-10,22-25,33,36H,4-5,7-8,11-21H2,1-3H3/t22?,23?,24-,25?,30+/m1/s1. The smallest absolute Gasteiger partial charge is 0.222 e. The lowest BCUT2D eigenvalue weighted by molar-refractivity contribution is -0.138. The summed E-state index contributed by atoms with van der Waals surface area (Å²) < 4.78 is 39.8. The summed E-state index contributed by atoms with van der Waals surface area (Å²) in [6, 6.07) is 4.00. The van der Waals surface area contributed by atoms with Gasteiger partial charge in [0.2, 0.25) is 5.91 Å². The van der Waals surface area contributed by atoms with E-state index in [9.17, 15) is 18.7 Å². The Bertz CT molecular complexity index is 865. The Morgan fingerprint density at radius 2 is 1.95 bits per heavy atom. The van der Waals surface area contributed by atoms with Gasteiger partial charge in [0.25, 0.3) is 0 Å². The number of likely N-dealkylation sites (tertiary alicyclic amines) is 1. The SMILES string of the molecule is CNCC(CC(=O)N1CCC[C@@H]([C@@](O)(CCCCOC)c2cccc(F)c2F)C1)CC1CCC(OC)CC1. The van der Waals surface area contributed by atoms with E-state index in [1.54, 1.807) is 14.2 Å². The van der Waals surface area contributed by atoms with Gasteiger partial charge in [0, 0.05) is 51.8 Å². The van der Waals surface area contributed by atoms with Crippen LogP contribution in [-0.4, -0.2) is 69.5 Å². The summed E-state index contributed by atoms with van der Waals surface area (Å²) in [4.78, 5) is 15.3. The highest BCUT2D eigenvalue weighted by Gasteiger charge is 2.43. The minimum absolute atomic E-state index is 0.00561. The Morgan fingerprint density at radius 1 is 1.18 bits per heavy atom. The van der Waals surface area contributed by atoms with Crippen LogP contribution in [0.4, 0.5) is 8.78 Å². The molecular weight excluding hydrogens is 490 g/mol. The molecule has 0 bridgehead atoms. The molecule has 6 nitrogen and oxygen atoms in total. The normalized spacial score (nSPS) is 24.7. The van der Waals surface area contributed by atoms with Gasteiger partial charge in [0.15, 0.2) is 11.6 Å². The van der Waals surface area contributed by atoms with Crippen LogP contribution in [0.1, 0.15) is 76.2 Å². The second-order valence-corrected chi connectivity index (χ2v) is 11.4. The van der Waals surface area contributed by atoms with Crippen molar-refractivity contribution in [2.45, 2.75) is 82.3 Å². The highest BCUT2D eigenvalue weighted by molar-refractivity contribution is 5.76. The average molecular weight is 539 g/mol. The van der Waals surface area contributed by atoms with Gasteiger partial charge in [-0.1, -0.05) is 12.1 Å². The van der Waals surface area contributed by atoms with Crippen LogP contribution in [0.3, 0.4) is 0 Å². The number of carbonyl (C=O) groups is 1. The van der Waals surface area contributed by atoms with Crippen LogP contribution in [0, 0.1) is 29.4 Å². The Hall–Kier alpha value is -1.61. The lowest BCUT2D eigenvalue weighted by atomic mass is 9.73. The minimum atomic E-state index is -1.55. The summed E-state index contributed by atoms with van der Waals surface area (Å²) >= 11 is 0. The highest BCUT2D eigenvalue weighted by Crippen LogP contribution is 2.41. The number of rotatable bonds is 14. The Balaban J connectivity index is 1.69. The lowest BCUT2D eigenvalue weighted by Gasteiger charge is -2.43. The Kier molecular flexibility index (Phi) is 12.4. The number of piperidine rings is 1. The first-order valence-corrected chi connectivity index (χ1v) is 14.4. The van der Waals surface area contributed by atoms with Crippen molar-refractivity contribution in [3.8, 4) is 0 Å². The van der Waals surface area contributed by atoms with Gasteiger partial charge in [-0.05, 0) is 95.7 Å². The number of nitrogens with one attached hydrogen (secondary N) is 1. The van der Waals surface area contributed by atoms with E-state index < -0.39 is 17.2 Å². The van der Waals surface area contributed by atoms with Crippen molar-refractivity contribution in [3.05, 3.63) is 35.4 Å². The van der Waals surface area contributed by atoms with Crippen molar-refractivity contribution < 1.29 is 28.2 Å². The van der Waals surface area contributed by atoms with E-state index in [-0.39, 0.29) is 29.7 Å². The molecule has 0 radical (unpaired) electrons. The van der Waals surface area contributed by atoms with E-state index >= 15 is 0 Å². The van der Waals surface area contributed by atoms with Crippen molar-refractivity contribution in [1.82, 2.24) is 10.2 Å². The number of halogens is 2. The molecule has 3 atom stereocenters. The molecule has 2 aliphatic rings. The van der Waals surface area contributed by atoms with Crippen LogP contribution in [-0.2, 0) is 19.9 Å². The van der Waals surface area contributed by atoms with Gasteiger partial charge in [-0.3, -0.25) is 4.79 Å². The number of benzene rings is 1. The quantitative estimate of drug-likeness (QED) is 0.325. The van der Waals surface area contributed by atoms with E-state index in [0.717, 1.165) is 51.1 Å². The Labute approximate surface area is 227 Å². The number of hydrogen-bond donors (Lipinski definition) is 2. The summed E-state index contributed by atoms with van der Waals surface area (Å²) in [5.41, 5.74) is -1.56. The molecule has 1 unspecified atom stereocenters. The fraction of sp³-hybridized carbons (Fsp3) is 0.767. The molecule has 2 fully saturated rings. The zero-order valence-electron chi connectivity index (χ0n) is 23.5. The molecule has 1 saturated carbocycles. The maximum Gasteiger partial charge on any atom is 0.222 e. The number of methoxy groups -OCH3 is 2. The predicted octanol–water partition coefficient (Wildman–Crippen LogP) is 5.03. The average Bonchev–Trinajstić information content (AvgIpc) is 2.93. The monoisotopic (exact) mass is 538 g/mol. The maximum atomic E-state index is 15.0. The van der Waals surface area contributed by atoms with Gasteiger partial charge in [0.05, 0.1) is 11.7 Å². The largest absolute Gasteiger partial charge is 0.385 e. The van der Waals surface area contributed by atoms with Gasteiger partial charge in [-0.15, -0.1) is 0 Å². The summed E-state index contributed by atoms with van der Waals surface area (Å²) in [7, 11) is 5.32. The van der Waals surface area contributed by atoms with Crippen LogP contribution in [0.5, 0.6) is 0 Å². The second-order valence-electron chi connectivity index (χ2n) is 11.4. The fourth-order valence-electron chi connectivity index (χ4n) is 6.61. The number of unbranched alkanes of at least 4 members (excludes halogenated alkanes) is 1. The third-order valence-electron chi connectivity index (χ3n) is 8.77. The molecule has 1 aromatic rings. The van der Waals surface area contributed by atoms with Crippen LogP contribution >= 0.6 is 0 Å². The number of carbonyl (C=O) groups excluding carboxylic acids is 1. The number of aliphatic hydroxyl groups is 1. The number of amides is 1. The zero-order valence-corrected chi connectivity index (χ0v) is 23.5. The molecule has 38 heavy (non-hydrogen) atoms. The van der Waals surface area contributed by atoms with Gasteiger partial charge < -0.3 is 24.8 Å². The third-order valence-corrected chi connectivity index (χ3v) is 8.77. The molecule has 1 amide bonds. The molecule has 1 saturated heterocycles. The van der Waals surface area contributed by atoms with Crippen LogP contribution in [0.2, 0.25) is 0 Å². The van der Waals surface area contributed by atoms with E-state index in [2.05, 4.69) is 5.32 Å². The first-order chi connectivity index (χ1) is 18.3. The minimum Gasteiger partial charge on any atom is -0.385 e. The molecule has 8 heteroatoms. The van der Waals surface area contributed by atoms with E-state index in [0.29, 0.717) is 57.4 Å². The predicted molar refractivity (Wildman–Crippen MR) is 145 cm³/mol. The van der Waals surface area contributed by atoms with Gasteiger partial charge >= 0.3 is 0 Å². The number of nitrogens with zero attached hydrogens (tertiary/aromatic N) is 1. The molecule has 3 rings (SSSR count). The van der Waals surface area contributed by atoms with Crippen molar-refractivity contribution in [3.63, 3.8) is 0 Å². The molecule has 1 aliphatic heterocycles. The lowest BCUT2D eigenvalue weighted by Crippen LogP contribution is -2.49. The first-order valence-electron chi connectivity index (χ1n) is 14.4. The van der Waals surface area contributed by atoms with Crippen molar-refractivity contribution in [1.29, 1.82) is 0 Å². The Morgan fingerprint density at radius 3 is 2.63 bits per heavy atom. The fourth-order valence-corrected chi connectivity index (χ4v) is 6.61. The molecule has 216 valence electrons. The van der Waals surface area contributed by atoms with Crippen molar-refractivity contribution in [2.75, 3.05) is 47.5 Å². The van der Waals surface area contributed by atoms with Crippen LogP contribution < -0.4 is 5.32 Å². The summed E-state index contributed by atoms with van der Waals surface area (Å²) in [6.45, 7) is 2.30. The summed E-state index contributed by atoms with van der Waals surface area (Å²) in [6.07, 6.45) is 9.24. The molecule has 2 N–H and O–H groups in total. The molecular formula is C30H48F2N2O4. The number of ether oxygens (including phenoxy) is 2. The summed E-state index contributed by atoms with van der Waals surface area (Å²) in [5.74, 6) is -1.40. The molecule has 0 aromatic heterocycles. The van der Waals surface area contributed by atoms with Gasteiger partial charge in [-0.25, -0.2) is 8.78 Å². The first kappa shape index (κ1) is 30.9. The molecule has 1 heterocycles. The third kappa shape index (κ3) is 8.20. The van der Waals surface area contributed by atoms with Gasteiger partial charge in [-0.2, -0.15) is 0 Å². The van der Waals surface area contributed by atoms with E-state index in [4.69, 9.17) is 9.47 Å². The number of hydrogen-bond acceptors (Lipinski definition) is 5. The topological polar surface area (TPSA) is 71.0 Å².